The Kier molecular flexibility index (Phi) is 7.92. The highest BCUT2D eigenvalue weighted by Crippen LogP contribution is 2.28. The van der Waals surface area contributed by atoms with Crippen LogP contribution in [-0.4, -0.2) is 93.7 Å². The molecule has 2 aliphatic rings. The first-order chi connectivity index (χ1) is 14.9. The van der Waals surface area contributed by atoms with Gasteiger partial charge < -0.3 is 9.80 Å². The van der Waals surface area contributed by atoms with Crippen molar-refractivity contribution >= 4 is 37.4 Å². The number of piperazine rings is 1. The Balaban J connectivity index is 1.90. The van der Waals surface area contributed by atoms with Crippen molar-refractivity contribution in [1.82, 2.24) is 14.1 Å². The number of carbonyl (C=O) groups is 1. The topological polar surface area (TPSA) is 95.1 Å². The molecule has 180 valence electrons. The van der Waals surface area contributed by atoms with Crippen LogP contribution in [0.2, 0.25) is 5.02 Å². The molecular formula is C21H32ClN3O5S2. The van der Waals surface area contributed by atoms with E-state index in [1.807, 2.05) is 20.8 Å². The predicted molar refractivity (Wildman–Crippen MR) is 125 cm³/mol. The zero-order valence-electron chi connectivity index (χ0n) is 18.8. The summed E-state index contributed by atoms with van der Waals surface area (Å²) in [5.41, 5.74) is 0.0879. The maximum atomic E-state index is 13.5. The predicted octanol–water partition coefficient (Wildman–Crippen LogP) is 1.95. The molecule has 0 N–H and O–H groups in total. The molecule has 0 bridgehead atoms. The highest BCUT2D eigenvalue weighted by atomic mass is 35.5. The lowest BCUT2D eigenvalue weighted by atomic mass is 10.1. The molecule has 11 heteroatoms. The summed E-state index contributed by atoms with van der Waals surface area (Å²) >= 11 is 6.33. The molecule has 0 aliphatic carbocycles. The van der Waals surface area contributed by atoms with Crippen LogP contribution in [0.25, 0.3) is 0 Å². The van der Waals surface area contributed by atoms with Crippen molar-refractivity contribution in [3.8, 4) is 0 Å². The fraction of sp³-hybridized carbons (Fsp3) is 0.667. The molecular weight excluding hydrogens is 474 g/mol. The van der Waals surface area contributed by atoms with Gasteiger partial charge in [-0.25, -0.2) is 16.8 Å². The lowest BCUT2D eigenvalue weighted by Gasteiger charge is -2.33. The molecule has 2 saturated heterocycles. The van der Waals surface area contributed by atoms with Gasteiger partial charge in [0.05, 0.1) is 27.0 Å². The zero-order valence-corrected chi connectivity index (χ0v) is 21.2. The Morgan fingerprint density at radius 2 is 1.88 bits per heavy atom. The van der Waals surface area contributed by atoms with E-state index in [9.17, 15) is 21.6 Å². The van der Waals surface area contributed by atoms with Gasteiger partial charge in [-0.1, -0.05) is 32.4 Å². The quantitative estimate of drug-likeness (QED) is 0.562. The minimum Gasteiger partial charge on any atom is -0.334 e. The fourth-order valence-corrected chi connectivity index (χ4v) is 7.61. The summed E-state index contributed by atoms with van der Waals surface area (Å²) in [6, 6.07) is 3.76. The SMILES string of the molecule is CCN1CCN(S(=O)(=O)c2ccc(Cl)c(C(=O)N(CC(C)C)C3CCS(=O)(=O)C3)c2)CC1. The van der Waals surface area contributed by atoms with Gasteiger partial charge in [-0.2, -0.15) is 4.31 Å². The number of nitrogens with zero attached hydrogens (tertiary/aromatic N) is 3. The van der Waals surface area contributed by atoms with Gasteiger partial charge >= 0.3 is 0 Å². The number of sulfone groups is 1. The Morgan fingerprint density at radius 1 is 1.22 bits per heavy atom. The van der Waals surface area contributed by atoms with Crippen LogP contribution in [0.3, 0.4) is 0 Å². The Hall–Kier alpha value is -1.20. The van der Waals surface area contributed by atoms with Gasteiger partial charge in [0.2, 0.25) is 10.0 Å². The van der Waals surface area contributed by atoms with Gasteiger partial charge in [0.1, 0.15) is 0 Å². The summed E-state index contributed by atoms with van der Waals surface area (Å²) in [4.78, 5) is 17.2. The summed E-state index contributed by atoms with van der Waals surface area (Å²) in [6.45, 7) is 9.27. The van der Waals surface area contributed by atoms with E-state index in [0.29, 0.717) is 39.1 Å². The number of rotatable bonds is 7. The van der Waals surface area contributed by atoms with Crippen LogP contribution in [-0.2, 0) is 19.9 Å². The molecule has 1 aromatic rings. The van der Waals surface area contributed by atoms with Gasteiger partial charge in [0, 0.05) is 38.8 Å². The average molecular weight is 506 g/mol. The molecule has 0 radical (unpaired) electrons. The number of carbonyl (C=O) groups excluding carboxylic acids is 1. The third kappa shape index (κ3) is 5.64. The van der Waals surface area contributed by atoms with Crippen LogP contribution in [0, 0.1) is 5.92 Å². The zero-order chi connectivity index (χ0) is 23.7. The van der Waals surface area contributed by atoms with Crippen molar-refractivity contribution < 1.29 is 21.6 Å². The van der Waals surface area contributed by atoms with E-state index in [-0.39, 0.29) is 32.9 Å². The number of hydrogen-bond acceptors (Lipinski definition) is 6. The number of hydrogen-bond donors (Lipinski definition) is 0. The van der Waals surface area contributed by atoms with Crippen molar-refractivity contribution in [1.29, 1.82) is 0 Å². The van der Waals surface area contributed by atoms with Crippen LogP contribution >= 0.6 is 11.6 Å². The van der Waals surface area contributed by atoms with Crippen LogP contribution in [0.1, 0.15) is 37.6 Å². The molecule has 0 saturated carbocycles. The first kappa shape index (κ1) is 25.4. The minimum absolute atomic E-state index is 0.0266. The summed E-state index contributed by atoms with van der Waals surface area (Å²) in [7, 11) is -6.96. The monoisotopic (exact) mass is 505 g/mol. The molecule has 2 heterocycles. The highest BCUT2D eigenvalue weighted by Gasteiger charge is 2.36. The molecule has 1 amide bonds. The third-order valence-electron chi connectivity index (χ3n) is 6.06. The number of sulfonamides is 1. The lowest BCUT2D eigenvalue weighted by Crippen LogP contribution is -2.48. The van der Waals surface area contributed by atoms with E-state index in [1.165, 1.54) is 22.5 Å². The fourth-order valence-electron chi connectivity index (χ4n) is 4.23. The van der Waals surface area contributed by atoms with E-state index in [0.717, 1.165) is 6.54 Å². The van der Waals surface area contributed by atoms with E-state index in [4.69, 9.17) is 11.6 Å². The van der Waals surface area contributed by atoms with Crippen molar-refractivity contribution in [2.45, 2.75) is 38.1 Å². The smallest absolute Gasteiger partial charge is 0.255 e. The molecule has 2 aliphatic heterocycles. The van der Waals surface area contributed by atoms with Gasteiger partial charge in [-0.15, -0.1) is 0 Å². The molecule has 1 atom stereocenters. The van der Waals surface area contributed by atoms with Crippen LogP contribution < -0.4 is 0 Å². The van der Waals surface area contributed by atoms with Crippen molar-refractivity contribution in [3.05, 3.63) is 28.8 Å². The van der Waals surface area contributed by atoms with Gasteiger partial charge in [-0.05, 0) is 37.1 Å². The molecule has 32 heavy (non-hydrogen) atoms. The van der Waals surface area contributed by atoms with Crippen LogP contribution in [0.4, 0.5) is 0 Å². The van der Waals surface area contributed by atoms with Crippen LogP contribution in [0.5, 0.6) is 0 Å². The first-order valence-corrected chi connectivity index (χ1v) is 14.6. The van der Waals surface area contributed by atoms with E-state index < -0.39 is 31.8 Å². The second-order valence-electron chi connectivity index (χ2n) is 8.89. The number of halogens is 1. The first-order valence-electron chi connectivity index (χ1n) is 11.0. The van der Waals surface area contributed by atoms with E-state index >= 15 is 0 Å². The summed E-state index contributed by atoms with van der Waals surface area (Å²) < 4.78 is 51.9. The molecule has 2 fully saturated rings. The van der Waals surface area contributed by atoms with Gasteiger partial charge in [0.25, 0.3) is 5.91 Å². The number of benzene rings is 1. The van der Waals surface area contributed by atoms with Crippen molar-refractivity contribution in [3.63, 3.8) is 0 Å². The maximum Gasteiger partial charge on any atom is 0.255 e. The van der Waals surface area contributed by atoms with Crippen molar-refractivity contribution in [2.75, 3.05) is 50.8 Å². The highest BCUT2D eigenvalue weighted by molar-refractivity contribution is 7.91. The Labute approximate surface area is 196 Å². The molecule has 1 aromatic carbocycles. The second-order valence-corrected chi connectivity index (χ2v) is 13.5. The van der Waals surface area contributed by atoms with Crippen molar-refractivity contribution in [2.24, 2.45) is 5.92 Å². The Morgan fingerprint density at radius 3 is 2.41 bits per heavy atom. The molecule has 3 rings (SSSR count). The summed E-state index contributed by atoms with van der Waals surface area (Å²) in [5.74, 6) is -0.352. The van der Waals surface area contributed by atoms with E-state index in [1.54, 1.807) is 4.90 Å². The average Bonchev–Trinajstić information content (AvgIpc) is 3.11. The standard InChI is InChI=1S/C21H32ClN3O5S2/c1-4-23-8-10-24(11-9-23)32(29,30)18-5-6-20(22)19(13-18)21(26)25(14-16(2)3)17-7-12-31(27,28)15-17/h5-6,13,16-17H,4,7-12,14-15H2,1-3H3. The second kappa shape index (κ2) is 9.97. The third-order valence-corrected chi connectivity index (χ3v) is 10.0. The maximum absolute atomic E-state index is 13.5. The minimum atomic E-state index is -3.77. The van der Waals surface area contributed by atoms with E-state index in [2.05, 4.69) is 4.90 Å². The number of amides is 1. The summed E-state index contributed by atoms with van der Waals surface area (Å²) in [5, 5.41) is 0.152. The molecule has 8 nitrogen and oxygen atoms in total. The van der Waals surface area contributed by atoms with Crippen LogP contribution in [0.15, 0.2) is 23.1 Å². The Bertz CT molecular complexity index is 1050. The number of likely N-dealkylation sites (N-methyl/N-ethyl adjacent to an activating group) is 1. The largest absolute Gasteiger partial charge is 0.334 e. The molecule has 0 spiro atoms. The normalized spacial score (nSPS) is 22.3. The van der Waals surface area contributed by atoms with Gasteiger partial charge in [0.15, 0.2) is 9.84 Å². The van der Waals surface area contributed by atoms with Gasteiger partial charge in [-0.3, -0.25) is 4.79 Å². The molecule has 0 aromatic heterocycles. The summed E-state index contributed by atoms with van der Waals surface area (Å²) in [6.07, 6.45) is 0.373. The lowest BCUT2D eigenvalue weighted by molar-refractivity contribution is 0.0672. The molecule has 1 unspecified atom stereocenters.